The molecular weight excluding hydrogens is 236 g/mol. The molecule has 3 nitrogen and oxygen atoms in total. The van der Waals surface area contributed by atoms with Gasteiger partial charge in [0, 0.05) is 19.1 Å². The Morgan fingerprint density at radius 2 is 2.00 bits per heavy atom. The summed E-state index contributed by atoms with van der Waals surface area (Å²) < 4.78 is 0. The SMILES string of the molecule is CCN(Cc1cc(C)c(O)c(C)c1)C1CCCNC1. The Bertz CT molecular complexity index is 402. The number of piperidine rings is 1. The van der Waals surface area contributed by atoms with Crippen LogP contribution in [0.4, 0.5) is 0 Å². The molecule has 0 aromatic heterocycles. The van der Waals surface area contributed by atoms with Gasteiger partial charge in [-0.1, -0.05) is 19.1 Å². The summed E-state index contributed by atoms with van der Waals surface area (Å²) in [5.41, 5.74) is 3.26. The summed E-state index contributed by atoms with van der Waals surface area (Å²) in [4.78, 5) is 2.54. The van der Waals surface area contributed by atoms with Crippen molar-refractivity contribution in [1.29, 1.82) is 0 Å². The normalized spacial score (nSPS) is 19.9. The molecule has 106 valence electrons. The van der Waals surface area contributed by atoms with Crippen LogP contribution >= 0.6 is 0 Å². The average Bonchev–Trinajstić information content (AvgIpc) is 2.43. The molecule has 0 bridgehead atoms. The zero-order valence-corrected chi connectivity index (χ0v) is 12.4. The minimum absolute atomic E-state index is 0.436. The third-order valence-corrected chi connectivity index (χ3v) is 4.13. The molecule has 1 atom stereocenters. The van der Waals surface area contributed by atoms with E-state index in [0.29, 0.717) is 11.8 Å². The summed E-state index contributed by atoms with van der Waals surface area (Å²) in [6.07, 6.45) is 2.56. The second kappa shape index (κ2) is 6.40. The molecule has 1 aromatic carbocycles. The smallest absolute Gasteiger partial charge is 0.121 e. The molecule has 0 amide bonds. The number of nitrogens with zero attached hydrogens (tertiary/aromatic N) is 1. The zero-order chi connectivity index (χ0) is 13.8. The first-order chi connectivity index (χ1) is 9.11. The lowest BCUT2D eigenvalue weighted by Gasteiger charge is -2.34. The first-order valence-electron chi connectivity index (χ1n) is 7.35. The van der Waals surface area contributed by atoms with Gasteiger partial charge in [-0.3, -0.25) is 4.90 Å². The quantitative estimate of drug-likeness (QED) is 0.875. The lowest BCUT2D eigenvalue weighted by molar-refractivity contribution is 0.166. The Morgan fingerprint density at radius 3 is 2.53 bits per heavy atom. The highest BCUT2D eigenvalue weighted by molar-refractivity contribution is 5.42. The molecule has 3 heteroatoms. The second-order valence-corrected chi connectivity index (χ2v) is 5.64. The van der Waals surface area contributed by atoms with Gasteiger partial charge in [0.15, 0.2) is 0 Å². The predicted octanol–water partition coefficient (Wildman–Crippen LogP) is 2.58. The van der Waals surface area contributed by atoms with E-state index in [-0.39, 0.29) is 0 Å². The summed E-state index contributed by atoms with van der Waals surface area (Å²) >= 11 is 0. The largest absolute Gasteiger partial charge is 0.507 e. The summed E-state index contributed by atoms with van der Waals surface area (Å²) in [6.45, 7) is 10.5. The first-order valence-corrected chi connectivity index (χ1v) is 7.35. The monoisotopic (exact) mass is 262 g/mol. The van der Waals surface area contributed by atoms with E-state index >= 15 is 0 Å². The number of aromatic hydroxyl groups is 1. The van der Waals surface area contributed by atoms with Crippen molar-refractivity contribution in [3.05, 3.63) is 28.8 Å². The second-order valence-electron chi connectivity index (χ2n) is 5.64. The van der Waals surface area contributed by atoms with Gasteiger partial charge in [-0.25, -0.2) is 0 Å². The van der Waals surface area contributed by atoms with E-state index in [1.165, 1.54) is 18.4 Å². The van der Waals surface area contributed by atoms with Crippen molar-refractivity contribution in [1.82, 2.24) is 10.2 Å². The van der Waals surface area contributed by atoms with Crippen LogP contribution in [0.15, 0.2) is 12.1 Å². The Hall–Kier alpha value is -1.06. The fourth-order valence-electron chi connectivity index (χ4n) is 3.02. The molecular formula is C16H26N2O. The van der Waals surface area contributed by atoms with Gasteiger partial charge in [-0.15, -0.1) is 0 Å². The number of rotatable bonds is 4. The van der Waals surface area contributed by atoms with E-state index < -0.39 is 0 Å². The molecule has 0 radical (unpaired) electrons. The van der Waals surface area contributed by atoms with Crippen LogP contribution in [0, 0.1) is 13.8 Å². The van der Waals surface area contributed by atoms with Gasteiger partial charge >= 0.3 is 0 Å². The van der Waals surface area contributed by atoms with Gasteiger partial charge < -0.3 is 10.4 Å². The van der Waals surface area contributed by atoms with Crippen LogP contribution < -0.4 is 5.32 Å². The number of aryl methyl sites for hydroxylation is 2. The molecule has 1 unspecified atom stereocenters. The van der Waals surface area contributed by atoms with Crippen molar-refractivity contribution in [2.24, 2.45) is 0 Å². The number of hydrogen-bond acceptors (Lipinski definition) is 3. The summed E-state index contributed by atoms with van der Waals surface area (Å²) in [7, 11) is 0. The maximum atomic E-state index is 9.85. The van der Waals surface area contributed by atoms with Crippen LogP contribution in [0.2, 0.25) is 0 Å². The van der Waals surface area contributed by atoms with Crippen molar-refractivity contribution in [3.8, 4) is 5.75 Å². The van der Waals surface area contributed by atoms with Gasteiger partial charge in [0.2, 0.25) is 0 Å². The lowest BCUT2D eigenvalue weighted by Crippen LogP contribution is -2.45. The molecule has 0 aliphatic carbocycles. The van der Waals surface area contributed by atoms with Crippen molar-refractivity contribution in [2.45, 2.75) is 46.2 Å². The highest BCUT2D eigenvalue weighted by Gasteiger charge is 2.20. The van der Waals surface area contributed by atoms with Crippen LogP contribution in [0.1, 0.15) is 36.5 Å². The van der Waals surface area contributed by atoms with Crippen molar-refractivity contribution in [3.63, 3.8) is 0 Å². The molecule has 2 N–H and O–H groups in total. The fraction of sp³-hybridized carbons (Fsp3) is 0.625. The van der Waals surface area contributed by atoms with Crippen LogP contribution in [-0.2, 0) is 6.54 Å². The van der Waals surface area contributed by atoms with Crippen LogP contribution in [-0.4, -0.2) is 35.7 Å². The first kappa shape index (κ1) is 14.4. The lowest BCUT2D eigenvalue weighted by atomic mass is 10.0. The van der Waals surface area contributed by atoms with E-state index in [2.05, 4.69) is 29.3 Å². The van der Waals surface area contributed by atoms with E-state index in [1.807, 2.05) is 13.8 Å². The number of phenols is 1. The highest BCUT2D eigenvalue weighted by Crippen LogP contribution is 2.24. The van der Waals surface area contributed by atoms with Gasteiger partial charge in [-0.05, 0) is 56.5 Å². The van der Waals surface area contributed by atoms with Crippen LogP contribution in [0.3, 0.4) is 0 Å². The Labute approximate surface area is 116 Å². The molecule has 2 rings (SSSR count). The van der Waals surface area contributed by atoms with Gasteiger partial charge in [0.25, 0.3) is 0 Å². The van der Waals surface area contributed by atoms with Crippen LogP contribution in [0.5, 0.6) is 5.75 Å². The molecule has 1 aliphatic heterocycles. The molecule has 1 saturated heterocycles. The number of nitrogens with one attached hydrogen (secondary N) is 1. The predicted molar refractivity (Wildman–Crippen MR) is 79.6 cm³/mol. The van der Waals surface area contributed by atoms with Crippen molar-refractivity contribution in [2.75, 3.05) is 19.6 Å². The fourth-order valence-corrected chi connectivity index (χ4v) is 3.02. The Balaban J connectivity index is 2.09. The Kier molecular flexibility index (Phi) is 4.83. The maximum absolute atomic E-state index is 9.85. The van der Waals surface area contributed by atoms with E-state index in [9.17, 15) is 5.11 Å². The number of phenolic OH excluding ortho intramolecular Hbond substituents is 1. The van der Waals surface area contributed by atoms with Gasteiger partial charge in [-0.2, -0.15) is 0 Å². The summed E-state index contributed by atoms with van der Waals surface area (Å²) in [5.74, 6) is 0.436. The topological polar surface area (TPSA) is 35.5 Å². The van der Waals surface area contributed by atoms with E-state index in [4.69, 9.17) is 0 Å². The van der Waals surface area contributed by atoms with Crippen molar-refractivity contribution >= 4 is 0 Å². The van der Waals surface area contributed by atoms with E-state index in [1.54, 1.807) is 0 Å². The third kappa shape index (κ3) is 3.48. The third-order valence-electron chi connectivity index (χ3n) is 4.13. The van der Waals surface area contributed by atoms with Crippen LogP contribution in [0.25, 0.3) is 0 Å². The number of benzene rings is 1. The molecule has 0 spiro atoms. The molecule has 1 aromatic rings. The van der Waals surface area contributed by atoms with Gasteiger partial charge in [0.05, 0.1) is 0 Å². The standard InChI is InChI=1S/C16H26N2O/c1-4-18(15-6-5-7-17-10-15)11-14-8-12(2)16(19)13(3)9-14/h8-9,15,17,19H,4-7,10-11H2,1-3H3. The summed E-state index contributed by atoms with van der Waals surface area (Å²) in [5, 5.41) is 13.3. The van der Waals surface area contributed by atoms with Crippen molar-refractivity contribution < 1.29 is 5.11 Å². The minimum Gasteiger partial charge on any atom is -0.507 e. The average molecular weight is 262 g/mol. The molecule has 1 aliphatic rings. The highest BCUT2D eigenvalue weighted by atomic mass is 16.3. The Morgan fingerprint density at radius 1 is 1.32 bits per heavy atom. The number of hydrogen-bond donors (Lipinski definition) is 2. The zero-order valence-electron chi connectivity index (χ0n) is 12.4. The molecule has 19 heavy (non-hydrogen) atoms. The molecule has 1 fully saturated rings. The number of likely N-dealkylation sites (N-methyl/N-ethyl adjacent to an activating group) is 1. The minimum atomic E-state index is 0.436. The molecule has 1 heterocycles. The van der Waals surface area contributed by atoms with E-state index in [0.717, 1.165) is 37.3 Å². The van der Waals surface area contributed by atoms with Gasteiger partial charge in [0.1, 0.15) is 5.75 Å². The summed E-state index contributed by atoms with van der Waals surface area (Å²) in [6, 6.07) is 4.87. The molecule has 0 saturated carbocycles. The maximum Gasteiger partial charge on any atom is 0.121 e.